The average molecular weight is 463 g/mol. The summed E-state index contributed by atoms with van der Waals surface area (Å²) >= 11 is 13.1. The zero-order valence-electron chi connectivity index (χ0n) is 16.6. The number of carbonyl (C=O) groups excluding carboxylic acids is 2. The number of halogens is 2. The van der Waals surface area contributed by atoms with E-state index in [-0.39, 0.29) is 16.8 Å². The molecule has 2 aromatic carbocycles. The number of amides is 2. The zero-order chi connectivity index (χ0) is 21.8. The number of benzene rings is 2. The molecule has 0 fully saturated rings. The highest BCUT2D eigenvalue weighted by atomic mass is 35.5. The number of nitrogens with zero attached hydrogens (tertiary/aromatic N) is 2. The molecule has 1 heterocycles. The van der Waals surface area contributed by atoms with Crippen LogP contribution < -0.4 is 10.6 Å². The molecular weight excluding hydrogens is 443 g/mol. The highest BCUT2D eigenvalue weighted by Crippen LogP contribution is 2.27. The Labute approximate surface area is 188 Å². The van der Waals surface area contributed by atoms with Gasteiger partial charge in [0.05, 0.1) is 10.0 Å². The number of carbonyl (C=O) groups is 2. The summed E-state index contributed by atoms with van der Waals surface area (Å²) in [5.74, 6) is -0.939. The molecule has 1 atom stereocenters. The Bertz CT molecular complexity index is 1070. The van der Waals surface area contributed by atoms with E-state index in [0.29, 0.717) is 20.7 Å². The van der Waals surface area contributed by atoms with Crippen molar-refractivity contribution in [2.75, 3.05) is 5.32 Å². The van der Waals surface area contributed by atoms with E-state index in [2.05, 4.69) is 20.8 Å². The predicted molar refractivity (Wildman–Crippen MR) is 121 cm³/mol. The first-order chi connectivity index (χ1) is 14.2. The Morgan fingerprint density at radius 2 is 1.70 bits per heavy atom. The predicted octanol–water partition coefficient (Wildman–Crippen LogP) is 5.21. The summed E-state index contributed by atoms with van der Waals surface area (Å²) in [6.45, 7) is 5.70. The van der Waals surface area contributed by atoms with E-state index in [1.807, 2.05) is 45.0 Å². The molecule has 0 radical (unpaired) electrons. The molecule has 0 aliphatic carbocycles. The molecule has 2 N–H and O–H groups in total. The standard InChI is InChI=1S/C21H20Cl2N4O2S/c1-11(2)17(24-18(28)14-8-9-15(22)16(23)10-14)19(29)25-21-27-26-20(30-21)13-6-4-12(3)5-7-13/h4-11,17H,1-3H3,(H,24,28)(H,25,27,29). The molecule has 0 aliphatic heterocycles. The molecule has 3 rings (SSSR count). The minimum atomic E-state index is -0.765. The summed E-state index contributed by atoms with van der Waals surface area (Å²) < 4.78 is 0. The summed E-state index contributed by atoms with van der Waals surface area (Å²) in [6, 6.07) is 11.7. The van der Waals surface area contributed by atoms with Gasteiger partial charge >= 0.3 is 0 Å². The molecule has 0 aliphatic rings. The molecule has 156 valence electrons. The van der Waals surface area contributed by atoms with E-state index in [4.69, 9.17) is 23.2 Å². The first-order valence-electron chi connectivity index (χ1n) is 9.22. The van der Waals surface area contributed by atoms with Gasteiger partial charge in [-0.05, 0) is 31.0 Å². The van der Waals surface area contributed by atoms with Crippen molar-refractivity contribution in [1.82, 2.24) is 15.5 Å². The van der Waals surface area contributed by atoms with E-state index in [1.165, 1.54) is 23.5 Å². The Morgan fingerprint density at radius 3 is 2.33 bits per heavy atom. The number of aromatic nitrogens is 2. The summed E-state index contributed by atoms with van der Waals surface area (Å²) in [5, 5.41) is 15.4. The lowest BCUT2D eigenvalue weighted by atomic mass is 10.0. The number of hydrogen-bond acceptors (Lipinski definition) is 5. The fourth-order valence-corrected chi connectivity index (χ4v) is 3.72. The molecule has 0 spiro atoms. The third kappa shape index (κ3) is 5.36. The number of hydrogen-bond donors (Lipinski definition) is 2. The molecule has 1 unspecified atom stereocenters. The lowest BCUT2D eigenvalue weighted by molar-refractivity contribution is -0.118. The summed E-state index contributed by atoms with van der Waals surface area (Å²) in [7, 11) is 0. The molecule has 0 saturated heterocycles. The lowest BCUT2D eigenvalue weighted by Gasteiger charge is -2.21. The highest BCUT2D eigenvalue weighted by Gasteiger charge is 2.26. The van der Waals surface area contributed by atoms with Crippen LogP contribution in [0.3, 0.4) is 0 Å². The third-order valence-electron chi connectivity index (χ3n) is 4.37. The van der Waals surface area contributed by atoms with Gasteiger partial charge in [0.1, 0.15) is 11.0 Å². The minimum Gasteiger partial charge on any atom is -0.340 e. The van der Waals surface area contributed by atoms with Crippen LogP contribution in [0.1, 0.15) is 29.8 Å². The first-order valence-corrected chi connectivity index (χ1v) is 10.8. The van der Waals surface area contributed by atoms with Crippen LogP contribution in [0.4, 0.5) is 5.13 Å². The van der Waals surface area contributed by atoms with Gasteiger partial charge in [0.15, 0.2) is 0 Å². The molecule has 1 aromatic heterocycles. The Hall–Kier alpha value is -2.48. The summed E-state index contributed by atoms with van der Waals surface area (Å²) in [5.41, 5.74) is 2.39. The monoisotopic (exact) mass is 462 g/mol. The molecule has 30 heavy (non-hydrogen) atoms. The maximum atomic E-state index is 12.8. The lowest BCUT2D eigenvalue weighted by Crippen LogP contribution is -2.47. The van der Waals surface area contributed by atoms with Gasteiger partial charge < -0.3 is 5.32 Å². The Balaban J connectivity index is 1.70. The smallest absolute Gasteiger partial charge is 0.251 e. The van der Waals surface area contributed by atoms with Gasteiger partial charge in [0.2, 0.25) is 11.0 Å². The van der Waals surface area contributed by atoms with Crippen molar-refractivity contribution in [3.63, 3.8) is 0 Å². The van der Waals surface area contributed by atoms with Crippen LogP contribution in [0.2, 0.25) is 10.0 Å². The van der Waals surface area contributed by atoms with Gasteiger partial charge in [-0.2, -0.15) is 0 Å². The summed E-state index contributed by atoms with van der Waals surface area (Å²) in [6.07, 6.45) is 0. The van der Waals surface area contributed by atoms with Crippen LogP contribution in [0.5, 0.6) is 0 Å². The average Bonchev–Trinajstić information content (AvgIpc) is 3.16. The van der Waals surface area contributed by atoms with E-state index < -0.39 is 11.9 Å². The normalized spacial score (nSPS) is 11.9. The number of nitrogens with one attached hydrogen (secondary N) is 2. The quantitative estimate of drug-likeness (QED) is 0.526. The topological polar surface area (TPSA) is 84.0 Å². The molecule has 9 heteroatoms. The van der Waals surface area contributed by atoms with Gasteiger partial charge in [-0.25, -0.2) is 0 Å². The molecule has 6 nitrogen and oxygen atoms in total. The van der Waals surface area contributed by atoms with Crippen molar-refractivity contribution in [3.05, 3.63) is 63.6 Å². The first kappa shape index (κ1) is 22.2. The highest BCUT2D eigenvalue weighted by molar-refractivity contribution is 7.18. The van der Waals surface area contributed by atoms with Crippen molar-refractivity contribution in [2.24, 2.45) is 5.92 Å². The van der Waals surface area contributed by atoms with Gasteiger partial charge in [-0.1, -0.05) is 78.2 Å². The third-order valence-corrected chi connectivity index (χ3v) is 6.00. The SMILES string of the molecule is Cc1ccc(-c2nnc(NC(=O)C(NC(=O)c3ccc(Cl)c(Cl)c3)C(C)C)s2)cc1. The van der Waals surface area contributed by atoms with Crippen molar-refractivity contribution in [2.45, 2.75) is 26.8 Å². The maximum absolute atomic E-state index is 12.8. The molecule has 0 bridgehead atoms. The van der Waals surface area contributed by atoms with E-state index in [1.54, 1.807) is 6.07 Å². The Kier molecular flexibility index (Phi) is 7.07. The van der Waals surface area contributed by atoms with Crippen LogP contribution in [0.25, 0.3) is 10.6 Å². The van der Waals surface area contributed by atoms with E-state index in [0.717, 1.165) is 11.1 Å². The second kappa shape index (κ2) is 9.55. The van der Waals surface area contributed by atoms with Crippen molar-refractivity contribution in [1.29, 1.82) is 0 Å². The van der Waals surface area contributed by atoms with Crippen molar-refractivity contribution in [3.8, 4) is 10.6 Å². The summed E-state index contributed by atoms with van der Waals surface area (Å²) in [4.78, 5) is 25.4. The van der Waals surface area contributed by atoms with Crippen LogP contribution in [-0.4, -0.2) is 28.1 Å². The largest absolute Gasteiger partial charge is 0.340 e. The number of aryl methyl sites for hydroxylation is 1. The minimum absolute atomic E-state index is 0.152. The molecule has 2 amide bonds. The second-order valence-electron chi connectivity index (χ2n) is 7.09. The van der Waals surface area contributed by atoms with Gasteiger partial charge in [-0.3, -0.25) is 14.9 Å². The van der Waals surface area contributed by atoms with Crippen molar-refractivity contribution < 1.29 is 9.59 Å². The number of rotatable bonds is 6. The van der Waals surface area contributed by atoms with Gasteiger partial charge in [0.25, 0.3) is 5.91 Å². The van der Waals surface area contributed by atoms with Gasteiger partial charge in [-0.15, -0.1) is 10.2 Å². The van der Waals surface area contributed by atoms with E-state index in [9.17, 15) is 9.59 Å². The maximum Gasteiger partial charge on any atom is 0.251 e. The zero-order valence-corrected chi connectivity index (χ0v) is 18.9. The number of anilines is 1. The van der Waals surface area contributed by atoms with Crippen LogP contribution >= 0.6 is 34.5 Å². The second-order valence-corrected chi connectivity index (χ2v) is 8.88. The van der Waals surface area contributed by atoms with Crippen LogP contribution in [0.15, 0.2) is 42.5 Å². The van der Waals surface area contributed by atoms with E-state index >= 15 is 0 Å². The van der Waals surface area contributed by atoms with Crippen molar-refractivity contribution >= 4 is 51.5 Å². The molecule has 0 saturated carbocycles. The van der Waals surface area contributed by atoms with Gasteiger partial charge in [0, 0.05) is 11.1 Å². The molecule has 3 aromatic rings. The fourth-order valence-electron chi connectivity index (χ4n) is 2.67. The fraction of sp³-hybridized carbons (Fsp3) is 0.238. The molecular formula is C21H20Cl2N4O2S. The van der Waals surface area contributed by atoms with Crippen LogP contribution in [0, 0.1) is 12.8 Å². The van der Waals surface area contributed by atoms with Crippen LogP contribution in [-0.2, 0) is 4.79 Å². The Morgan fingerprint density at radius 1 is 1.00 bits per heavy atom.